The molecule has 0 heterocycles. The molecule has 0 aliphatic rings. The zero-order valence-corrected chi connectivity index (χ0v) is 10.9. The van der Waals surface area contributed by atoms with Gasteiger partial charge in [-0.3, -0.25) is 5.43 Å². The molecule has 94 valence electrons. The summed E-state index contributed by atoms with van der Waals surface area (Å²) in [5.74, 6) is 6.53. The van der Waals surface area contributed by atoms with Gasteiger partial charge in [0, 0.05) is 12.1 Å². The van der Waals surface area contributed by atoms with Gasteiger partial charge < -0.3 is 10.1 Å². The maximum absolute atomic E-state index is 6.05. The molecule has 4 N–H and O–H groups in total. The number of hydrogen-bond acceptors (Lipinski definition) is 3. The van der Waals surface area contributed by atoms with Crippen LogP contribution in [0.3, 0.4) is 0 Å². The van der Waals surface area contributed by atoms with E-state index < -0.39 is 0 Å². The fourth-order valence-electron chi connectivity index (χ4n) is 1.22. The molecule has 0 spiro atoms. The third kappa shape index (κ3) is 4.13. The first-order chi connectivity index (χ1) is 8.06. The van der Waals surface area contributed by atoms with Crippen LogP contribution in [0, 0.1) is 0 Å². The van der Waals surface area contributed by atoms with E-state index in [4.69, 9.17) is 22.2 Å². The first-order valence-corrected chi connectivity index (χ1v) is 5.59. The second kappa shape index (κ2) is 6.32. The van der Waals surface area contributed by atoms with Crippen LogP contribution in [0.1, 0.15) is 13.8 Å². The van der Waals surface area contributed by atoms with Gasteiger partial charge in [-0.25, -0.2) is 10.8 Å². The first-order valence-electron chi connectivity index (χ1n) is 5.21. The normalized spacial score (nSPS) is 11.5. The number of guanidine groups is 1. The van der Waals surface area contributed by atoms with Gasteiger partial charge in [-0.05, 0) is 26.0 Å². The number of rotatable bonds is 3. The minimum Gasteiger partial charge on any atom is -0.497 e. The number of nitrogens with two attached hydrogens (primary N) is 1. The average Bonchev–Trinajstić information content (AvgIpc) is 2.30. The van der Waals surface area contributed by atoms with E-state index in [9.17, 15) is 0 Å². The van der Waals surface area contributed by atoms with Crippen LogP contribution >= 0.6 is 11.6 Å². The smallest absolute Gasteiger partial charge is 0.210 e. The number of anilines is 1. The molecule has 0 bridgehead atoms. The molecule has 0 aliphatic carbocycles. The van der Waals surface area contributed by atoms with Crippen molar-refractivity contribution < 1.29 is 4.74 Å². The number of aliphatic imine (C=N–C) groups is 1. The average molecular weight is 257 g/mol. The Morgan fingerprint density at radius 3 is 2.71 bits per heavy atom. The summed E-state index contributed by atoms with van der Waals surface area (Å²) in [6.07, 6.45) is 0. The summed E-state index contributed by atoms with van der Waals surface area (Å²) < 4.78 is 5.12. The predicted octanol–water partition coefficient (Wildman–Crippen LogP) is 1.99. The van der Waals surface area contributed by atoms with E-state index >= 15 is 0 Å². The minimum atomic E-state index is 0.123. The van der Waals surface area contributed by atoms with Gasteiger partial charge in [0.25, 0.3) is 0 Å². The quantitative estimate of drug-likeness (QED) is 0.335. The van der Waals surface area contributed by atoms with Gasteiger partial charge in [0.1, 0.15) is 5.75 Å². The predicted molar refractivity (Wildman–Crippen MR) is 71.5 cm³/mol. The molecule has 0 aromatic heterocycles. The fourth-order valence-corrected chi connectivity index (χ4v) is 1.38. The van der Waals surface area contributed by atoms with Gasteiger partial charge in [0.15, 0.2) is 0 Å². The van der Waals surface area contributed by atoms with E-state index in [2.05, 4.69) is 15.7 Å². The van der Waals surface area contributed by atoms with Crippen molar-refractivity contribution >= 4 is 23.2 Å². The van der Waals surface area contributed by atoms with E-state index in [1.165, 1.54) is 0 Å². The summed E-state index contributed by atoms with van der Waals surface area (Å²) in [7, 11) is 1.59. The molecule has 0 amide bonds. The molecule has 1 aromatic rings. The zero-order chi connectivity index (χ0) is 12.8. The Morgan fingerprint density at radius 1 is 1.47 bits per heavy atom. The van der Waals surface area contributed by atoms with Crippen LogP contribution in [0.15, 0.2) is 23.2 Å². The highest BCUT2D eigenvalue weighted by Gasteiger charge is 2.05. The van der Waals surface area contributed by atoms with Crippen molar-refractivity contribution in [1.82, 2.24) is 5.43 Å². The van der Waals surface area contributed by atoms with Crippen LogP contribution in [-0.2, 0) is 0 Å². The van der Waals surface area contributed by atoms with E-state index in [1.807, 2.05) is 13.8 Å². The summed E-state index contributed by atoms with van der Waals surface area (Å²) in [6, 6.07) is 5.42. The van der Waals surface area contributed by atoms with Crippen LogP contribution < -0.4 is 21.3 Å². The highest BCUT2D eigenvalue weighted by molar-refractivity contribution is 6.33. The molecule has 0 saturated carbocycles. The van der Waals surface area contributed by atoms with Crippen molar-refractivity contribution in [2.45, 2.75) is 19.9 Å². The van der Waals surface area contributed by atoms with E-state index in [0.29, 0.717) is 22.4 Å². The lowest BCUT2D eigenvalue weighted by atomic mass is 10.3. The lowest BCUT2D eigenvalue weighted by molar-refractivity contribution is 0.415. The van der Waals surface area contributed by atoms with Crippen LogP contribution in [0.2, 0.25) is 5.02 Å². The number of ether oxygens (including phenoxy) is 1. The number of nitrogens with one attached hydrogen (secondary N) is 2. The third-order valence-corrected chi connectivity index (χ3v) is 2.28. The van der Waals surface area contributed by atoms with Crippen molar-refractivity contribution in [1.29, 1.82) is 0 Å². The standard InChI is InChI=1S/C11H17ClN4O/c1-7(2)14-11(16-13)15-10-6-8(17-3)4-5-9(10)12/h4-7H,13H2,1-3H3,(H2,14,15,16). The van der Waals surface area contributed by atoms with E-state index in [-0.39, 0.29) is 6.04 Å². The third-order valence-electron chi connectivity index (χ3n) is 1.95. The molecule has 0 aliphatic heterocycles. The Balaban J connectivity index is 2.92. The summed E-state index contributed by atoms with van der Waals surface area (Å²) in [6.45, 7) is 3.90. The second-order valence-corrected chi connectivity index (χ2v) is 4.09. The number of methoxy groups -OCH3 is 1. The number of hydrazine groups is 1. The number of halogens is 1. The monoisotopic (exact) mass is 256 g/mol. The molecule has 0 saturated heterocycles. The summed E-state index contributed by atoms with van der Waals surface area (Å²) >= 11 is 6.05. The topological polar surface area (TPSA) is 71.7 Å². The molecule has 0 atom stereocenters. The highest BCUT2D eigenvalue weighted by Crippen LogP contribution is 2.26. The Labute approximate surface area is 106 Å². The minimum absolute atomic E-state index is 0.123. The largest absolute Gasteiger partial charge is 0.497 e. The molecule has 1 aromatic carbocycles. The van der Waals surface area contributed by atoms with Gasteiger partial charge in [-0.1, -0.05) is 11.6 Å². The molecule has 0 fully saturated rings. The Hall–Kier alpha value is -1.46. The van der Waals surface area contributed by atoms with Crippen LogP contribution in [0.5, 0.6) is 5.75 Å². The molecule has 17 heavy (non-hydrogen) atoms. The lowest BCUT2D eigenvalue weighted by Crippen LogP contribution is -2.37. The lowest BCUT2D eigenvalue weighted by Gasteiger charge is -2.12. The van der Waals surface area contributed by atoms with Gasteiger partial charge in [0.2, 0.25) is 5.96 Å². The molecular weight excluding hydrogens is 240 g/mol. The second-order valence-electron chi connectivity index (χ2n) is 3.69. The maximum atomic E-state index is 6.05. The van der Waals surface area contributed by atoms with Crippen LogP contribution in [0.25, 0.3) is 0 Å². The Morgan fingerprint density at radius 2 is 2.18 bits per heavy atom. The van der Waals surface area contributed by atoms with Gasteiger partial charge >= 0.3 is 0 Å². The van der Waals surface area contributed by atoms with Gasteiger partial charge in [0.05, 0.1) is 17.8 Å². The maximum Gasteiger partial charge on any atom is 0.210 e. The fraction of sp³-hybridized carbons (Fsp3) is 0.364. The molecule has 1 rings (SSSR count). The summed E-state index contributed by atoms with van der Waals surface area (Å²) in [5, 5.41) is 3.57. The first kappa shape index (κ1) is 13.6. The SMILES string of the molecule is COc1ccc(Cl)c(NC(=NC(C)C)NN)c1. The van der Waals surface area contributed by atoms with Crippen LogP contribution in [-0.4, -0.2) is 19.1 Å². The van der Waals surface area contributed by atoms with Crippen LogP contribution in [0.4, 0.5) is 5.69 Å². The molecule has 6 heteroatoms. The van der Waals surface area contributed by atoms with Crippen molar-refractivity contribution in [3.63, 3.8) is 0 Å². The summed E-state index contributed by atoms with van der Waals surface area (Å²) in [4.78, 5) is 4.26. The number of nitrogens with zero attached hydrogens (tertiary/aromatic N) is 1. The zero-order valence-electron chi connectivity index (χ0n) is 10.1. The Kier molecular flexibility index (Phi) is 5.06. The van der Waals surface area contributed by atoms with E-state index in [1.54, 1.807) is 25.3 Å². The molecule has 0 radical (unpaired) electrons. The van der Waals surface area contributed by atoms with Crippen molar-refractivity contribution in [2.75, 3.05) is 12.4 Å². The van der Waals surface area contributed by atoms with Crippen molar-refractivity contribution in [3.8, 4) is 5.75 Å². The number of benzene rings is 1. The molecule has 5 nitrogen and oxygen atoms in total. The molecular formula is C11H17ClN4O. The van der Waals surface area contributed by atoms with Crippen molar-refractivity contribution in [2.24, 2.45) is 10.8 Å². The molecule has 0 unspecified atom stereocenters. The van der Waals surface area contributed by atoms with Gasteiger partial charge in [-0.15, -0.1) is 0 Å². The van der Waals surface area contributed by atoms with Gasteiger partial charge in [-0.2, -0.15) is 0 Å². The summed E-state index contributed by atoms with van der Waals surface area (Å²) in [5.41, 5.74) is 3.17. The number of hydrogen-bond donors (Lipinski definition) is 3. The van der Waals surface area contributed by atoms with E-state index in [0.717, 1.165) is 0 Å². The Bertz CT molecular complexity index is 406. The van der Waals surface area contributed by atoms with Crippen molar-refractivity contribution in [3.05, 3.63) is 23.2 Å². The highest BCUT2D eigenvalue weighted by atomic mass is 35.5.